The number of nitrogens with one attached hydrogen (secondary N) is 4. The smallest absolute Gasteiger partial charge is 0.320 e. The second-order valence-corrected chi connectivity index (χ2v) is 24.0. The van der Waals surface area contributed by atoms with Crippen molar-refractivity contribution >= 4 is 41.3 Å². The van der Waals surface area contributed by atoms with Crippen LogP contribution < -0.4 is 31.9 Å². The average molecular weight is 1020 g/mol. The fourth-order valence-electron chi connectivity index (χ4n) is 15.3. The lowest BCUT2D eigenvalue weighted by molar-refractivity contribution is -0.136. The summed E-state index contributed by atoms with van der Waals surface area (Å²) in [5.41, 5.74) is 7.94. The first-order valence-electron chi connectivity index (χ1n) is 29.1. The summed E-state index contributed by atoms with van der Waals surface area (Å²) in [6, 6.07) is 5.62. The molecule has 0 bridgehead atoms. The number of likely N-dealkylation sites (tertiary alicyclic amines) is 3. The van der Waals surface area contributed by atoms with E-state index < -0.39 is 29.8 Å². The Morgan fingerprint density at radius 3 is 2.30 bits per heavy atom. The number of carbonyl (C=O) groups excluding carboxylic acids is 6. The SMILES string of the molecule is CN1CCN([C@@H]2CCCN(C3NC(NC4CCC(C5CCN(C[C@H]6CCN(c7ccc8c(c7)C(=O)N([C@@H]7CCC(=O)NC7=O)C8=O)C6)CC5)N(C5CCCCCC5)C4)C(C(N)=O)NC3C3C=CCCCC3)C2)C1=O. The number of piperazine rings is 1. The highest BCUT2D eigenvalue weighted by Crippen LogP contribution is 2.38. The molecular formula is C56H84N12O6. The molecule has 7 saturated heterocycles. The fourth-order valence-corrected chi connectivity index (χ4v) is 15.3. The minimum absolute atomic E-state index is 0.0126. The number of carbonyl (C=O) groups is 6. The van der Waals surface area contributed by atoms with E-state index in [0.717, 1.165) is 127 Å². The maximum atomic E-state index is 13.6. The number of piperidine rings is 4. The van der Waals surface area contributed by atoms with Gasteiger partial charge in [0.15, 0.2) is 0 Å². The predicted molar refractivity (Wildman–Crippen MR) is 282 cm³/mol. The molecule has 1 aromatic carbocycles. The largest absolute Gasteiger partial charge is 0.371 e. The summed E-state index contributed by atoms with van der Waals surface area (Å²) < 4.78 is 0. The average Bonchev–Trinajstić information content (AvgIpc) is 3.86. The van der Waals surface area contributed by atoms with Crippen LogP contribution in [0.5, 0.6) is 0 Å². The minimum Gasteiger partial charge on any atom is -0.371 e. The van der Waals surface area contributed by atoms with Gasteiger partial charge in [-0.25, -0.2) is 4.79 Å². The lowest BCUT2D eigenvalue weighted by Gasteiger charge is -2.53. The summed E-state index contributed by atoms with van der Waals surface area (Å²) in [5, 5.41) is 14.3. The van der Waals surface area contributed by atoms with Gasteiger partial charge in [-0.3, -0.25) is 59.9 Å². The molecule has 0 radical (unpaired) electrons. The van der Waals surface area contributed by atoms with Gasteiger partial charge in [-0.05, 0) is 139 Å². The van der Waals surface area contributed by atoms with Gasteiger partial charge >= 0.3 is 6.03 Å². The van der Waals surface area contributed by atoms with Crippen molar-refractivity contribution in [3.8, 4) is 0 Å². The Labute approximate surface area is 438 Å². The molecule has 404 valence electrons. The maximum absolute atomic E-state index is 13.6. The summed E-state index contributed by atoms with van der Waals surface area (Å²) in [6.07, 6.45) is 24.6. The van der Waals surface area contributed by atoms with Crippen LogP contribution in [0.2, 0.25) is 0 Å². The number of likely N-dealkylation sites (N-methyl/N-ethyl adjacent to an activating group) is 1. The van der Waals surface area contributed by atoms with Crippen molar-refractivity contribution in [2.45, 2.75) is 177 Å². The second kappa shape index (κ2) is 22.6. The van der Waals surface area contributed by atoms with Gasteiger partial charge in [-0.1, -0.05) is 44.3 Å². The number of rotatable bonds is 12. The molecule has 8 fully saturated rings. The summed E-state index contributed by atoms with van der Waals surface area (Å²) >= 11 is 0. The van der Waals surface area contributed by atoms with Crippen LogP contribution in [0.15, 0.2) is 30.4 Å². The number of nitrogens with zero attached hydrogens (tertiary/aromatic N) is 7. The summed E-state index contributed by atoms with van der Waals surface area (Å²) in [5.74, 6) is -0.806. The number of fused-ring (bicyclic) bond motifs is 1. The zero-order chi connectivity index (χ0) is 51.0. The molecule has 8 aliphatic heterocycles. The van der Waals surface area contributed by atoms with Crippen LogP contribution >= 0.6 is 0 Å². The molecule has 18 nitrogen and oxygen atoms in total. The number of benzene rings is 1. The number of amides is 7. The van der Waals surface area contributed by atoms with E-state index in [4.69, 9.17) is 5.73 Å². The van der Waals surface area contributed by atoms with E-state index >= 15 is 0 Å². The van der Waals surface area contributed by atoms with Crippen molar-refractivity contribution in [3.05, 3.63) is 41.5 Å². The molecule has 7 unspecified atom stereocenters. The number of hydrogen-bond acceptors (Lipinski definition) is 13. The quantitative estimate of drug-likeness (QED) is 0.116. The minimum atomic E-state index is -0.969. The van der Waals surface area contributed by atoms with Crippen LogP contribution in [0.1, 0.15) is 143 Å². The lowest BCUT2D eigenvalue weighted by atomic mass is 9.81. The summed E-state index contributed by atoms with van der Waals surface area (Å²) in [6.45, 7) is 9.31. The van der Waals surface area contributed by atoms with Crippen molar-refractivity contribution in [1.82, 2.24) is 50.7 Å². The van der Waals surface area contributed by atoms with Crippen molar-refractivity contribution in [2.24, 2.45) is 23.5 Å². The molecule has 10 atom stereocenters. The van der Waals surface area contributed by atoms with Gasteiger partial charge in [0.25, 0.3) is 11.8 Å². The molecule has 2 aliphatic carbocycles. The summed E-state index contributed by atoms with van der Waals surface area (Å²) in [7, 11) is 1.91. The Hall–Kier alpha value is -4.46. The molecule has 10 aliphatic rings. The number of imide groups is 2. The Balaban J connectivity index is 0.724. The third-order valence-electron chi connectivity index (χ3n) is 19.4. The number of allylic oxidation sites excluding steroid dienone is 1. The van der Waals surface area contributed by atoms with Gasteiger partial charge in [0, 0.05) is 95.2 Å². The number of urea groups is 1. The third kappa shape index (κ3) is 10.8. The van der Waals surface area contributed by atoms with Gasteiger partial charge < -0.3 is 25.3 Å². The highest BCUT2D eigenvalue weighted by Gasteiger charge is 2.49. The Morgan fingerprint density at radius 2 is 1.53 bits per heavy atom. The van der Waals surface area contributed by atoms with Crippen LogP contribution in [0.25, 0.3) is 0 Å². The molecule has 1 aromatic rings. The Bertz CT molecular complexity index is 2280. The molecule has 8 heterocycles. The van der Waals surface area contributed by atoms with E-state index in [1.54, 1.807) is 6.07 Å². The standard InChI is InChI=1S/C56H84N12O6/c1-62-29-30-66(56(62)74)42-15-10-25-65(35-42)52-48(38-11-6-2-3-7-12-38)60-49(50(57)70)51(61-52)58-39-16-19-45(67(34-39)40-13-8-4-5-9-14-40)37-23-26-63(27-24-37)32-36-22-28-64(33-36)41-17-18-43-44(31-41)55(73)68(54(43)72)46-20-21-47(69)59-53(46)71/h6,11,17-18,31,36-40,42,45-46,48-49,51-52,58,60-61H,2-5,7-10,12-16,19-30,32-35H2,1H3,(H2,57,70)(H,59,69,71)/t36-,38?,39?,42-,45?,46-,48?,49?,51?,52?/m1/s1. The molecule has 7 amide bonds. The molecule has 1 saturated carbocycles. The van der Waals surface area contributed by atoms with Crippen LogP contribution in [-0.2, 0) is 14.4 Å². The molecular weight excluding hydrogens is 937 g/mol. The van der Waals surface area contributed by atoms with Gasteiger partial charge in [-0.2, -0.15) is 0 Å². The van der Waals surface area contributed by atoms with E-state index in [1.165, 1.54) is 57.8 Å². The molecule has 0 aromatic heterocycles. The normalized spacial score (nSPS) is 34.9. The molecule has 11 rings (SSSR count). The van der Waals surface area contributed by atoms with Gasteiger partial charge in [0.05, 0.1) is 23.5 Å². The molecule has 74 heavy (non-hydrogen) atoms. The van der Waals surface area contributed by atoms with Gasteiger partial charge in [-0.15, -0.1) is 0 Å². The first-order chi connectivity index (χ1) is 36.0. The number of anilines is 1. The van der Waals surface area contributed by atoms with Crippen molar-refractivity contribution in [1.29, 1.82) is 0 Å². The van der Waals surface area contributed by atoms with Crippen molar-refractivity contribution in [3.63, 3.8) is 0 Å². The lowest BCUT2D eigenvalue weighted by Crippen LogP contribution is -2.78. The maximum Gasteiger partial charge on any atom is 0.320 e. The third-order valence-corrected chi connectivity index (χ3v) is 19.4. The molecule has 18 heteroatoms. The highest BCUT2D eigenvalue weighted by molar-refractivity contribution is 6.23. The van der Waals surface area contributed by atoms with E-state index in [-0.39, 0.29) is 67.1 Å². The van der Waals surface area contributed by atoms with E-state index in [2.05, 4.69) is 57.9 Å². The molecule has 6 N–H and O–H groups in total. The first kappa shape index (κ1) is 51.6. The van der Waals surface area contributed by atoms with Gasteiger partial charge in [0.2, 0.25) is 17.7 Å². The van der Waals surface area contributed by atoms with E-state index in [0.29, 0.717) is 35.0 Å². The Kier molecular flexibility index (Phi) is 15.8. The predicted octanol–water partition coefficient (Wildman–Crippen LogP) is 3.42. The first-order valence-corrected chi connectivity index (χ1v) is 29.1. The highest BCUT2D eigenvalue weighted by atomic mass is 16.2. The van der Waals surface area contributed by atoms with Gasteiger partial charge in [0.1, 0.15) is 12.1 Å². The van der Waals surface area contributed by atoms with Crippen LogP contribution in [0, 0.1) is 17.8 Å². The zero-order valence-corrected chi connectivity index (χ0v) is 44.0. The van der Waals surface area contributed by atoms with Crippen molar-refractivity contribution in [2.75, 3.05) is 77.4 Å². The Morgan fingerprint density at radius 1 is 0.743 bits per heavy atom. The van der Waals surface area contributed by atoms with Crippen LogP contribution in [-0.4, -0.2) is 192 Å². The molecule has 0 spiro atoms. The zero-order valence-electron chi connectivity index (χ0n) is 44.0. The van der Waals surface area contributed by atoms with Crippen LogP contribution in [0.4, 0.5) is 10.5 Å². The topological polar surface area (TPSA) is 199 Å². The number of primary amides is 1. The number of hydrogen-bond donors (Lipinski definition) is 5. The second-order valence-electron chi connectivity index (χ2n) is 24.0. The van der Waals surface area contributed by atoms with Crippen molar-refractivity contribution < 1.29 is 28.8 Å². The van der Waals surface area contributed by atoms with Crippen LogP contribution in [0.3, 0.4) is 0 Å². The van der Waals surface area contributed by atoms with E-state index in [1.807, 2.05) is 24.1 Å². The fraction of sp³-hybridized carbons (Fsp3) is 0.750. The number of nitrogens with two attached hydrogens (primary N) is 1. The van der Waals surface area contributed by atoms with E-state index in [9.17, 15) is 28.8 Å². The monoisotopic (exact) mass is 1020 g/mol. The summed E-state index contributed by atoms with van der Waals surface area (Å²) in [4.78, 5) is 93.6.